The minimum atomic E-state index is -0.511. The molecule has 2 fully saturated rings. The Kier molecular flexibility index (Phi) is 4.15. The van der Waals surface area contributed by atoms with Crippen molar-refractivity contribution in [2.24, 2.45) is 5.73 Å². The van der Waals surface area contributed by atoms with Crippen LogP contribution in [0.2, 0.25) is 0 Å². The van der Waals surface area contributed by atoms with Gasteiger partial charge >= 0.3 is 0 Å². The van der Waals surface area contributed by atoms with Crippen molar-refractivity contribution in [3.63, 3.8) is 0 Å². The van der Waals surface area contributed by atoms with E-state index >= 15 is 0 Å². The number of hydrogen-bond donors (Lipinski definition) is 3. The molecule has 1 aliphatic carbocycles. The van der Waals surface area contributed by atoms with Crippen LogP contribution >= 0.6 is 0 Å². The van der Waals surface area contributed by atoms with Gasteiger partial charge in [-0.3, -0.25) is 4.79 Å². The fourth-order valence-electron chi connectivity index (χ4n) is 2.87. The molecule has 0 atom stereocenters. The topological polar surface area (TPSA) is 102 Å². The lowest BCUT2D eigenvalue weighted by molar-refractivity contribution is 0.0903. The third-order valence-corrected chi connectivity index (χ3v) is 4.49. The van der Waals surface area contributed by atoms with Gasteiger partial charge in [0.25, 0.3) is 5.91 Å². The summed E-state index contributed by atoms with van der Waals surface area (Å²) in [5, 5.41) is 6.68. The van der Waals surface area contributed by atoms with Crippen LogP contribution in [0.15, 0.2) is 6.20 Å². The molecule has 0 spiro atoms. The second kappa shape index (κ2) is 6.08. The van der Waals surface area contributed by atoms with E-state index in [1.165, 1.54) is 12.6 Å². The maximum Gasteiger partial charge on any atom is 0.254 e. The number of primary amides is 1. The average molecular weight is 305 g/mol. The number of anilines is 2. The normalized spacial score (nSPS) is 21.0. The fraction of sp³-hybridized carbons (Fsp3) is 0.667. The summed E-state index contributed by atoms with van der Waals surface area (Å²) in [5.74, 6) is 0.546. The summed E-state index contributed by atoms with van der Waals surface area (Å²) in [7, 11) is 0. The van der Waals surface area contributed by atoms with Crippen molar-refractivity contribution in [1.82, 2.24) is 9.97 Å². The molecule has 0 bridgehead atoms. The van der Waals surface area contributed by atoms with Crippen molar-refractivity contribution in [3.8, 4) is 0 Å². The predicted molar refractivity (Wildman–Crippen MR) is 83.9 cm³/mol. The number of nitrogens with two attached hydrogens (primary N) is 1. The predicted octanol–water partition coefficient (Wildman–Crippen LogP) is 1.52. The third-order valence-electron chi connectivity index (χ3n) is 4.49. The van der Waals surface area contributed by atoms with E-state index in [4.69, 9.17) is 10.5 Å². The molecule has 2 aliphatic rings. The number of ether oxygens (including phenoxy) is 1. The van der Waals surface area contributed by atoms with Gasteiger partial charge in [-0.05, 0) is 39.0 Å². The molecule has 1 aliphatic heterocycles. The quantitative estimate of drug-likeness (QED) is 0.762. The molecule has 0 aromatic carbocycles. The Labute approximate surface area is 130 Å². The molecule has 3 rings (SSSR count). The van der Waals surface area contributed by atoms with Crippen molar-refractivity contribution >= 4 is 17.7 Å². The Hall–Kier alpha value is -1.89. The third kappa shape index (κ3) is 3.30. The van der Waals surface area contributed by atoms with Gasteiger partial charge in [0, 0.05) is 31.0 Å². The lowest BCUT2D eigenvalue weighted by Crippen LogP contribution is -2.42. The molecule has 7 heteroatoms. The Balaban J connectivity index is 1.78. The highest BCUT2D eigenvalue weighted by atomic mass is 16.5. The standard InChI is InChI=1S/C15H23N5O2/c1-15(5-2-6-15)20-13-11(12(16)21)9-17-14(19-13)18-10-3-7-22-8-4-10/h9-10H,2-8H2,1H3,(H2,16,21)(H2,17,18,19,20). The Morgan fingerprint density at radius 1 is 1.41 bits per heavy atom. The Morgan fingerprint density at radius 2 is 2.14 bits per heavy atom. The molecule has 22 heavy (non-hydrogen) atoms. The molecule has 0 unspecified atom stereocenters. The zero-order valence-corrected chi connectivity index (χ0v) is 12.9. The van der Waals surface area contributed by atoms with Crippen LogP contribution in [0.1, 0.15) is 49.4 Å². The summed E-state index contributed by atoms with van der Waals surface area (Å²) in [5.41, 5.74) is 5.76. The first-order valence-corrected chi connectivity index (χ1v) is 7.85. The van der Waals surface area contributed by atoms with Crippen molar-refractivity contribution in [2.75, 3.05) is 23.8 Å². The SMILES string of the molecule is CC1(Nc2nc(NC3CCOCC3)ncc2C(N)=O)CCC1. The molecular weight excluding hydrogens is 282 g/mol. The molecule has 2 heterocycles. The van der Waals surface area contributed by atoms with E-state index in [1.807, 2.05) is 0 Å². The van der Waals surface area contributed by atoms with Gasteiger partial charge in [0.15, 0.2) is 0 Å². The molecule has 4 N–H and O–H groups in total. The number of aromatic nitrogens is 2. The molecule has 120 valence electrons. The maximum atomic E-state index is 11.6. The van der Waals surface area contributed by atoms with Crippen molar-refractivity contribution in [2.45, 2.75) is 50.6 Å². The largest absolute Gasteiger partial charge is 0.381 e. The molecular formula is C15H23N5O2. The number of nitrogens with zero attached hydrogens (tertiary/aromatic N) is 2. The molecule has 0 radical (unpaired) electrons. The van der Waals surface area contributed by atoms with Gasteiger partial charge in [-0.15, -0.1) is 0 Å². The van der Waals surface area contributed by atoms with Crippen LogP contribution in [0.25, 0.3) is 0 Å². The lowest BCUT2D eigenvalue weighted by Gasteiger charge is -2.40. The van der Waals surface area contributed by atoms with Crippen LogP contribution in [0.3, 0.4) is 0 Å². The van der Waals surface area contributed by atoms with Gasteiger partial charge in [-0.25, -0.2) is 4.98 Å². The highest BCUT2D eigenvalue weighted by Crippen LogP contribution is 2.35. The molecule has 7 nitrogen and oxygen atoms in total. The first-order valence-electron chi connectivity index (χ1n) is 7.85. The molecule has 1 amide bonds. The first-order chi connectivity index (χ1) is 10.6. The Morgan fingerprint density at radius 3 is 2.73 bits per heavy atom. The summed E-state index contributed by atoms with van der Waals surface area (Å²) in [6, 6.07) is 0.306. The van der Waals surface area contributed by atoms with Crippen LogP contribution in [0, 0.1) is 0 Å². The van der Waals surface area contributed by atoms with E-state index in [0.29, 0.717) is 23.4 Å². The van der Waals surface area contributed by atoms with Gasteiger partial charge in [0.05, 0.1) is 5.56 Å². The first kappa shape index (κ1) is 15.0. The summed E-state index contributed by atoms with van der Waals surface area (Å²) in [6.07, 6.45) is 6.69. The number of hydrogen-bond acceptors (Lipinski definition) is 6. The maximum absolute atomic E-state index is 11.6. The lowest BCUT2D eigenvalue weighted by atomic mass is 9.78. The number of amides is 1. The minimum absolute atomic E-state index is 0.00545. The molecule has 1 saturated carbocycles. The van der Waals surface area contributed by atoms with Crippen LogP contribution in [-0.4, -0.2) is 40.7 Å². The van der Waals surface area contributed by atoms with E-state index in [0.717, 1.165) is 38.9 Å². The zero-order chi connectivity index (χ0) is 15.6. The second-order valence-electron chi connectivity index (χ2n) is 6.39. The van der Waals surface area contributed by atoms with Gasteiger partial charge in [0.1, 0.15) is 5.82 Å². The fourth-order valence-corrected chi connectivity index (χ4v) is 2.87. The monoisotopic (exact) mass is 305 g/mol. The average Bonchev–Trinajstić information content (AvgIpc) is 2.46. The van der Waals surface area contributed by atoms with Gasteiger partial charge in [-0.2, -0.15) is 4.98 Å². The van der Waals surface area contributed by atoms with Gasteiger partial charge < -0.3 is 21.1 Å². The van der Waals surface area contributed by atoms with Crippen LogP contribution in [0.5, 0.6) is 0 Å². The van der Waals surface area contributed by atoms with Crippen LogP contribution in [-0.2, 0) is 4.74 Å². The van der Waals surface area contributed by atoms with Crippen molar-refractivity contribution in [3.05, 3.63) is 11.8 Å². The number of carbonyl (C=O) groups excluding carboxylic acids is 1. The minimum Gasteiger partial charge on any atom is -0.381 e. The van der Waals surface area contributed by atoms with Crippen LogP contribution in [0.4, 0.5) is 11.8 Å². The second-order valence-corrected chi connectivity index (χ2v) is 6.39. The van der Waals surface area contributed by atoms with Gasteiger partial charge in [-0.1, -0.05) is 0 Å². The number of rotatable bonds is 5. The van der Waals surface area contributed by atoms with Crippen molar-refractivity contribution in [1.29, 1.82) is 0 Å². The summed E-state index contributed by atoms with van der Waals surface area (Å²) in [6.45, 7) is 3.63. The highest BCUT2D eigenvalue weighted by Gasteiger charge is 2.33. The zero-order valence-electron chi connectivity index (χ0n) is 12.9. The van der Waals surface area contributed by atoms with Crippen LogP contribution < -0.4 is 16.4 Å². The van der Waals surface area contributed by atoms with E-state index in [1.54, 1.807) is 0 Å². The van der Waals surface area contributed by atoms with Gasteiger partial charge in [0.2, 0.25) is 5.95 Å². The summed E-state index contributed by atoms with van der Waals surface area (Å²) < 4.78 is 5.35. The number of nitrogens with one attached hydrogen (secondary N) is 2. The van der Waals surface area contributed by atoms with E-state index in [2.05, 4.69) is 27.5 Å². The van der Waals surface area contributed by atoms with E-state index in [-0.39, 0.29) is 5.54 Å². The molecule has 1 aromatic rings. The summed E-state index contributed by atoms with van der Waals surface area (Å²) >= 11 is 0. The molecule has 1 saturated heterocycles. The Bertz CT molecular complexity index is 553. The van der Waals surface area contributed by atoms with E-state index < -0.39 is 5.91 Å². The van der Waals surface area contributed by atoms with E-state index in [9.17, 15) is 4.79 Å². The molecule has 1 aromatic heterocycles. The van der Waals surface area contributed by atoms with Crippen molar-refractivity contribution < 1.29 is 9.53 Å². The highest BCUT2D eigenvalue weighted by molar-refractivity contribution is 5.97. The smallest absolute Gasteiger partial charge is 0.254 e. The number of carbonyl (C=O) groups is 1. The summed E-state index contributed by atoms with van der Waals surface area (Å²) in [4.78, 5) is 20.3.